The second kappa shape index (κ2) is 4.66. The van der Waals surface area contributed by atoms with Gasteiger partial charge in [0.2, 0.25) is 0 Å². The molecule has 54 valence electrons. The zero-order valence-corrected chi connectivity index (χ0v) is 6.57. The highest BCUT2D eigenvalue weighted by Crippen LogP contribution is 1.90. The van der Waals surface area contributed by atoms with E-state index < -0.39 is 0 Å². The second-order valence-corrected chi connectivity index (χ2v) is 2.04. The topological polar surface area (TPSA) is 12.0 Å². The summed E-state index contributed by atoms with van der Waals surface area (Å²) in [7, 11) is 0. The Morgan fingerprint density at radius 3 is 2.50 bits per heavy atom. The summed E-state index contributed by atoms with van der Waals surface area (Å²) in [5.41, 5.74) is 4.73. The van der Waals surface area contributed by atoms with Crippen LogP contribution in [0.25, 0.3) is 0 Å². The van der Waals surface area contributed by atoms with Crippen LogP contribution in [0.4, 0.5) is 0 Å². The molecule has 0 bridgehead atoms. The van der Waals surface area contributed by atoms with Crippen LogP contribution in [-0.4, -0.2) is 0 Å². The lowest BCUT2D eigenvalue weighted by atomic mass is 10.3. The van der Waals surface area contributed by atoms with Crippen LogP contribution in [0.3, 0.4) is 0 Å². The Balaban J connectivity index is 3.95. The van der Waals surface area contributed by atoms with Crippen molar-refractivity contribution in [3.8, 4) is 0 Å². The average Bonchev–Trinajstić information content (AvgIpc) is 1.99. The van der Waals surface area contributed by atoms with Gasteiger partial charge in [0, 0.05) is 6.20 Å². The molecule has 0 rings (SSSR count). The molecule has 0 aromatic heterocycles. The number of hydrogen-bond donors (Lipinski definition) is 1. The highest BCUT2D eigenvalue weighted by atomic mass is 14.8. The Bertz CT molecular complexity index is 193. The molecule has 0 aromatic carbocycles. The monoisotopic (exact) mass is 135 g/mol. The summed E-state index contributed by atoms with van der Waals surface area (Å²) in [6.07, 6.45) is 3.64. The van der Waals surface area contributed by atoms with Crippen LogP contribution in [0.1, 0.15) is 13.8 Å². The van der Waals surface area contributed by atoms with Crippen LogP contribution < -0.4 is 5.32 Å². The van der Waals surface area contributed by atoms with E-state index in [-0.39, 0.29) is 0 Å². The summed E-state index contributed by atoms with van der Waals surface area (Å²) in [6.45, 7) is 11.0. The van der Waals surface area contributed by atoms with Crippen molar-refractivity contribution in [3.05, 3.63) is 42.4 Å². The molecule has 0 saturated carbocycles. The normalized spacial score (nSPS) is 10.0. The van der Waals surface area contributed by atoms with Gasteiger partial charge in [-0.1, -0.05) is 19.2 Å². The molecule has 1 N–H and O–H groups in total. The Morgan fingerprint density at radius 2 is 2.10 bits per heavy atom. The van der Waals surface area contributed by atoms with Crippen LogP contribution in [-0.2, 0) is 0 Å². The quantitative estimate of drug-likeness (QED) is 0.462. The molecular weight excluding hydrogens is 122 g/mol. The van der Waals surface area contributed by atoms with E-state index >= 15 is 0 Å². The summed E-state index contributed by atoms with van der Waals surface area (Å²) >= 11 is 0. The summed E-state index contributed by atoms with van der Waals surface area (Å²) in [5, 5.41) is 2.99. The molecule has 0 saturated heterocycles. The molecule has 0 amide bonds. The van der Waals surface area contributed by atoms with E-state index in [1.165, 1.54) is 0 Å². The minimum Gasteiger partial charge on any atom is -0.359 e. The van der Waals surface area contributed by atoms with Gasteiger partial charge in [-0.15, -0.1) is 5.73 Å². The summed E-state index contributed by atoms with van der Waals surface area (Å²) in [5.74, 6) is 0. The van der Waals surface area contributed by atoms with Crippen LogP contribution in [0, 0.1) is 0 Å². The van der Waals surface area contributed by atoms with E-state index in [0.29, 0.717) is 0 Å². The molecule has 0 fully saturated rings. The third kappa shape index (κ3) is 3.76. The Hall–Kier alpha value is -1.20. The van der Waals surface area contributed by atoms with E-state index in [0.717, 1.165) is 11.3 Å². The van der Waals surface area contributed by atoms with Gasteiger partial charge >= 0.3 is 0 Å². The number of nitrogens with one attached hydrogen (secondary N) is 1. The van der Waals surface area contributed by atoms with Gasteiger partial charge in [0.25, 0.3) is 0 Å². The molecule has 0 unspecified atom stereocenters. The molecule has 10 heavy (non-hydrogen) atoms. The first kappa shape index (κ1) is 8.80. The number of hydrogen-bond acceptors (Lipinski definition) is 1. The van der Waals surface area contributed by atoms with E-state index in [4.69, 9.17) is 0 Å². The number of allylic oxidation sites excluding steroid dienone is 3. The van der Waals surface area contributed by atoms with Crippen molar-refractivity contribution in [1.82, 2.24) is 5.32 Å². The maximum atomic E-state index is 3.61. The summed E-state index contributed by atoms with van der Waals surface area (Å²) < 4.78 is 0. The molecule has 0 aliphatic carbocycles. The molecule has 0 radical (unpaired) electrons. The predicted octanol–water partition coefficient (Wildman–Crippen LogP) is 2.35. The van der Waals surface area contributed by atoms with Gasteiger partial charge in [0.1, 0.15) is 0 Å². The van der Waals surface area contributed by atoms with Crippen molar-refractivity contribution in [1.29, 1.82) is 0 Å². The Kier molecular flexibility index (Phi) is 4.10. The first-order valence-corrected chi connectivity index (χ1v) is 3.13. The van der Waals surface area contributed by atoms with E-state index in [1.54, 1.807) is 6.08 Å². The fourth-order valence-corrected chi connectivity index (χ4v) is 0.332. The molecule has 1 nitrogen and oxygen atoms in total. The van der Waals surface area contributed by atoms with Crippen LogP contribution in [0.15, 0.2) is 42.4 Å². The highest BCUT2D eigenvalue weighted by molar-refractivity contribution is 5.13. The molecule has 1 heteroatoms. The Morgan fingerprint density at radius 1 is 1.50 bits per heavy atom. The first-order chi connectivity index (χ1) is 4.70. The molecule has 0 spiro atoms. The lowest BCUT2D eigenvalue weighted by Crippen LogP contribution is -1.99. The SMILES string of the molecule is C=C=C(C)N/C=C(\C)C=C. The minimum atomic E-state index is 0.918. The zero-order valence-electron chi connectivity index (χ0n) is 6.57. The van der Waals surface area contributed by atoms with Gasteiger partial charge < -0.3 is 5.32 Å². The molecule has 0 heterocycles. The van der Waals surface area contributed by atoms with Gasteiger partial charge in [-0.3, -0.25) is 0 Å². The first-order valence-electron chi connectivity index (χ1n) is 3.13. The van der Waals surface area contributed by atoms with Crippen molar-refractivity contribution >= 4 is 0 Å². The lowest BCUT2D eigenvalue weighted by Gasteiger charge is -1.96. The maximum Gasteiger partial charge on any atom is 0.0539 e. The van der Waals surface area contributed by atoms with E-state index in [9.17, 15) is 0 Å². The van der Waals surface area contributed by atoms with Crippen LogP contribution >= 0.6 is 0 Å². The van der Waals surface area contributed by atoms with Gasteiger partial charge in [-0.05, 0) is 19.4 Å². The van der Waals surface area contributed by atoms with Crippen molar-refractivity contribution in [2.75, 3.05) is 0 Å². The molecular formula is C9H13N. The van der Waals surface area contributed by atoms with Crippen molar-refractivity contribution in [3.63, 3.8) is 0 Å². The number of rotatable bonds is 3. The van der Waals surface area contributed by atoms with Gasteiger partial charge in [0.15, 0.2) is 0 Å². The third-order valence-electron chi connectivity index (χ3n) is 1.10. The largest absolute Gasteiger partial charge is 0.359 e. The summed E-state index contributed by atoms with van der Waals surface area (Å²) in [6, 6.07) is 0. The molecule has 0 aliphatic rings. The fourth-order valence-electron chi connectivity index (χ4n) is 0.332. The fraction of sp³-hybridized carbons (Fsp3) is 0.222. The standard InChI is InChI=1S/C9H13N/c1-5-8(3)7-10-9(4)6-2/h5,7,10H,1-2H2,3-4H3/b8-7+. The smallest absolute Gasteiger partial charge is 0.0539 e. The van der Waals surface area contributed by atoms with Crippen molar-refractivity contribution in [2.24, 2.45) is 0 Å². The maximum absolute atomic E-state index is 3.61. The van der Waals surface area contributed by atoms with E-state index in [1.807, 2.05) is 20.0 Å². The predicted molar refractivity (Wildman–Crippen MR) is 45.4 cm³/mol. The zero-order chi connectivity index (χ0) is 7.98. The molecule has 0 aliphatic heterocycles. The lowest BCUT2D eigenvalue weighted by molar-refractivity contribution is 1.05. The van der Waals surface area contributed by atoms with Crippen molar-refractivity contribution < 1.29 is 0 Å². The van der Waals surface area contributed by atoms with E-state index in [2.05, 4.69) is 24.2 Å². The Labute approximate surface area is 62.5 Å². The average molecular weight is 135 g/mol. The third-order valence-corrected chi connectivity index (χ3v) is 1.10. The molecule has 0 aromatic rings. The van der Waals surface area contributed by atoms with Gasteiger partial charge in [0.05, 0.1) is 5.70 Å². The van der Waals surface area contributed by atoms with Gasteiger partial charge in [-0.2, -0.15) is 0 Å². The summed E-state index contributed by atoms with van der Waals surface area (Å²) in [4.78, 5) is 0. The second-order valence-electron chi connectivity index (χ2n) is 2.04. The van der Waals surface area contributed by atoms with Crippen LogP contribution in [0.5, 0.6) is 0 Å². The van der Waals surface area contributed by atoms with Crippen molar-refractivity contribution in [2.45, 2.75) is 13.8 Å². The van der Waals surface area contributed by atoms with Gasteiger partial charge in [-0.25, -0.2) is 0 Å². The minimum absolute atomic E-state index is 0.918. The van der Waals surface area contributed by atoms with Crippen LogP contribution in [0.2, 0.25) is 0 Å². The highest BCUT2D eigenvalue weighted by Gasteiger charge is 1.79. The molecule has 0 atom stereocenters.